The van der Waals surface area contributed by atoms with Crippen molar-refractivity contribution in [2.45, 2.75) is 26.2 Å². The van der Waals surface area contributed by atoms with Crippen molar-refractivity contribution in [2.75, 3.05) is 25.0 Å². The number of anilines is 2. The van der Waals surface area contributed by atoms with Crippen LogP contribution in [0.25, 0.3) is 5.57 Å². The first-order valence-electron chi connectivity index (χ1n) is 10.0. The van der Waals surface area contributed by atoms with Gasteiger partial charge in [0.25, 0.3) is 0 Å². The average Bonchev–Trinajstić information content (AvgIpc) is 3.09. The molecule has 0 unspecified atom stereocenters. The van der Waals surface area contributed by atoms with E-state index in [1.807, 2.05) is 18.2 Å². The fourth-order valence-electron chi connectivity index (χ4n) is 3.65. The summed E-state index contributed by atoms with van der Waals surface area (Å²) in [6.07, 6.45) is 5.83. The lowest BCUT2D eigenvalue weighted by Gasteiger charge is -2.26. The standard InChI is InChI=1S/C24H27N3S/c1-19-23(28-24(25-19)26-22-11-6-3-7-12-22)13-8-16-27-17-14-21(15-18-27)20-9-4-2-5-10-20/h2-7,9-12,14H,8,13,15-18H2,1H3,(H,25,26). The Kier molecular flexibility index (Phi) is 6.20. The summed E-state index contributed by atoms with van der Waals surface area (Å²) in [5.41, 5.74) is 5.12. The van der Waals surface area contributed by atoms with Crippen LogP contribution in [-0.2, 0) is 6.42 Å². The van der Waals surface area contributed by atoms with Crippen LogP contribution in [0.15, 0.2) is 66.7 Å². The predicted molar refractivity (Wildman–Crippen MR) is 120 cm³/mol. The minimum atomic E-state index is 0.993. The Bertz CT molecular complexity index is 916. The van der Waals surface area contributed by atoms with Crippen molar-refractivity contribution in [3.63, 3.8) is 0 Å². The predicted octanol–water partition coefficient (Wildman–Crippen LogP) is 5.92. The quantitative estimate of drug-likeness (QED) is 0.544. The van der Waals surface area contributed by atoms with Gasteiger partial charge in [0.1, 0.15) is 0 Å². The highest BCUT2D eigenvalue weighted by molar-refractivity contribution is 7.15. The van der Waals surface area contributed by atoms with Gasteiger partial charge in [0.05, 0.1) is 5.69 Å². The third-order valence-electron chi connectivity index (χ3n) is 5.23. The second kappa shape index (κ2) is 9.18. The summed E-state index contributed by atoms with van der Waals surface area (Å²) < 4.78 is 0. The number of benzene rings is 2. The van der Waals surface area contributed by atoms with E-state index < -0.39 is 0 Å². The van der Waals surface area contributed by atoms with Gasteiger partial charge in [0.2, 0.25) is 0 Å². The van der Waals surface area contributed by atoms with Crippen LogP contribution in [0.3, 0.4) is 0 Å². The molecule has 3 nitrogen and oxygen atoms in total. The third-order valence-corrected chi connectivity index (χ3v) is 6.37. The van der Waals surface area contributed by atoms with Crippen LogP contribution in [0.2, 0.25) is 0 Å². The Balaban J connectivity index is 1.26. The Labute approximate surface area is 171 Å². The molecule has 0 spiro atoms. The third kappa shape index (κ3) is 4.89. The Morgan fingerprint density at radius 1 is 1.04 bits per heavy atom. The molecule has 0 saturated carbocycles. The number of aromatic nitrogens is 1. The molecule has 28 heavy (non-hydrogen) atoms. The van der Waals surface area contributed by atoms with Gasteiger partial charge in [-0.2, -0.15) is 0 Å². The van der Waals surface area contributed by atoms with Crippen molar-refractivity contribution in [3.8, 4) is 0 Å². The number of nitrogens with zero attached hydrogens (tertiary/aromatic N) is 2. The van der Waals surface area contributed by atoms with Crippen molar-refractivity contribution in [1.82, 2.24) is 9.88 Å². The summed E-state index contributed by atoms with van der Waals surface area (Å²) in [5.74, 6) is 0. The maximum atomic E-state index is 4.70. The van der Waals surface area contributed by atoms with Crippen LogP contribution in [-0.4, -0.2) is 29.5 Å². The van der Waals surface area contributed by atoms with Gasteiger partial charge in [-0.1, -0.05) is 54.6 Å². The topological polar surface area (TPSA) is 28.2 Å². The average molecular weight is 390 g/mol. The molecule has 1 aliphatic heterocycles. The molecule has 2 aromatic carbocycles. The summed E-state index contributed by atoms with van der Waals surface area (Å²) in [7, 11) is 0. The second-order valence-electron chi connectivity index (χ2n) is 7.27. The number of thiazole rings is 1. The molecule has 1 N–H and O–H groups in total. The van der Waals surface area contributed by atoms with Gasteiger partial charge in [-0.15, -0.1) is 11.3 Å². The number of aryl methyl sites for hydroxylation is 2. The van der Waals surface area contributed by atoms with Gasteiger partial charge < -0.3 is 5.32 Å². The Hall–Kier alpha value is -2.43. The molecule has 0 atom stereocenters. The van der Waals surface area contributed by atoms with E-state index in [4.69, 9.17) is 4.98 Å². The first kappa shape index (κ1) is 18.9. The molecular formula is C24H27N3S. The smallest absolute Gasteiger partial charge is 0.187 e. The summed E-state index contributed by atoms with van der Waals surface area (Å²) in [6.45, 7) is 5.49. The minimum Gasteiger partial charge on any atom is -0.332 e. The van der Waals surface area contributed by atoms with Gasteiger partial charge in [-0.3, -0.25) is 4.90 Å². The van der Waals surface area contributed by atoms with Crippen LogP contribution < -0.4 is 5.32 Å². The molecule has 3 aromatic rings. The van der Waals surface area contributed by atoms with E-state index in [1.54, 1.807) is 11.3 Å². The highest BCUT2D eigenvalue weighted by Crippen LogP contribution is 2.27. The number of hydrogen-bond donors (Lipinski definition) is 1. The van der Waals surface area contributed by atoms with Crippen molar-refractivity contribution >= 4 is 27.7 Å². The van der Waals surface area contributed by atoms with E-state index in [1.165, 1.54) is 22.4 Å². The fraction of sp³-hybridized carbons (Fsp3) is 0.292. The molecule has 4 rings (SSSR count). The lowest BCUT2D eigenvalue weighted by Crippen LogP contribution is -2.29. The normalized spacial score (nSPS) is 14.7. The molecular weight excluding hydrogens is 362 g/mol. The van der Waals surface area contributed by atoms with Crippen LogP contribution in [0.5, 0.6) is 0 Å². The molecule has 0 radical (unpaired) electrons. The van der Waals surface area contributed by atoms with E-state index in [-0.39, 0.29) is 0 Å². The van der Waals surface area contributed by atoms with E-state index in [0.29, 0.717) is 0 Å². The first-order chi connectivity index (χ1) is 13.8. The zero-order chi connectivity index (χ0) is 19.2. The van der Waals surface area contributed by atoms with E-state index in [9.17, 15) is 0 Å². The molecule has 2 heterocycles. The first-order valence-corrected chi connectivity index (χ1v) is 10.8. The summed E-state index contributed by atoms with van der Waals surface area (Å²) >= 11 is 1.79. The minimum absolute atomic E-state index is 0.993. The number of rotatable bonds is 7. The van der Waals surface area contributed by atoms with Crippen LogP contribution >= 0.6 is 11.3 Å². The highest BCUT2D eigenvalue weighted by atomic mass is 32.1. The van der Waals surface area contributed by atoms with Gasteiger partial charge in [-0.05, 0) is 56.0 Å². The largest absolute Gasteiger partial charge is 0.332 e. The number of hydrogen-bond acceptors (Lipinski definition) is 4. The molecule has 0 aliphatic carbocycles. The fourth-order valence-corrected chi connectivity index (χ4v) is 4.67. The summed E-state index contributed by atoms with van der Waals surface area (Å²) in [4.78, 5) is 8.66. The molecule has 0 bridgehead atoms. The van der Waals surface area contributed by atoms with Crippen LogP contribution in [0.1, 0.15) is 29.0 Å². The monoisotopic (exact) mass is 389 g/mol. The molecule has 1 aliphatic rings. The van der Waals surface area contributed by atoms with Crippen molar-refractivity contribution in [3.05, 3.63) is 82.9 Å². The lowest BCUT2D eigenvalue weighted by atomic mass is 9.99. The molecule has 0 fully saturated rings. The maximum absolute atomic E-state index is 4.70. The molecule has 0 saturated heterocycles. The molecule has 0 amide bonds. The summed E-state index contributed by atoms with van der Waals surface area (Å²) in [6, 6.07) is 21.0. The van der Waals surface area contributed by atoms with Gasteiger partial charge in [0.15, 0.2) is 5.13 Å². The van der Waals surface area contributed by atoms with Crippen molar-refractivity contribution in [1.29, 1.82) is 0 Å². The zero-order valence-corrected chi connectivity index (χ0v) is 17.2. The number of nitrogens with one attached hydrogen (secondary N) is 1. The zero-order valence-electron chi connectivity index (χ0n) is 16.4. The Morgan fingerprint density at radius 3 is 2.50 bits per heavy atom. The van der Waals surface area contributed by atoms with E-state index >= 15 is 0 Å². The van der Waals surface area contributed by atoms with Crippen LogP contribution in [0.4, 0.5) is 10.8 Å². The summed E-state index contributed by atoms with van der Waals surface area (Å²) in [5, 5.41) is 4.41. The molecule has 144 valence electrons. The molecule has 1 aromatic heterocycles. The van der Waals surface area contributed by atoms with Gasteiger partial charge >= 0.3 is 0 Å². The van der Waals surface area contributed by atoms with E-state index in [0.717, 1.165) is 49.0 Å². The SMILES string of the molecule is Cc1nc(Nc2ccccc2)sc1CCCN1CC=C(c2ccccc2)CC1. The van der Waals surface area contributed by atoms with Crippen LogP contribution in [0, 0.1) is 6.92 Å². The second-order valence-corrected chi connectivity index (χ2v) is 8.35. The maximum Gasteiger partial charge on any atom is 0.187 e. The van der Waals surface area contributed by atoms with Crippen molar-refractivity contribution in [2.24, 2.45) is 0 Å². The van der Waals surface area contributed by atoms with E-state index in [2.05, 4.69) is 65.7 Å². The lowest BCUT2D eigenvalue weighted by molar-refractivity contribution is 0.298. The Morgan fingerprint density at radius 2 is 1.79 bits per heavy atom. The van der Waals surface area contributed by atoms with Crippen molar-refractivity contribution < 1.29 is 0 Å². The number of para-hydroxylation sites is 1. The van der Waals surface area contributed by atoms with Gasteiger partial charge in [-0.25, -0.2) is 4.98 Å². The van der Waals surface area contributed by atoms with Gasteiger partial charge in [0, 0.05) is 23.7 Å². The molecule has 4 heteroatoms. The highest BCUT2D eigenvalue weighted by Gasteiger charge is 2.13.